The molecule has 6 nitrogen and oxygen atoms in total. The van der Waals surface area contributed by atoms with Gasteiger partial charge in [-0.1, -0.05) is 146 Å². The van der Waals surface area contributed by atoms with E-state index >= 15 is 0 Å². The Hall–Kier alpha value is -7.83. The van der Waals surface area contributed by atoms with Crippen molar-refractivity contribution in [2.45, 2.75) is 0 Å². The zero-order valence-electron chi connectivity index (χ0n) is 30.4. The van der Waals surface area contributed by atoms with Gasteiger partial charge in [-0.15, -0.1) is 0 Å². The Labute approximate surface area is 325 Å². The average molecular weight is 731 g/mol. The van der Waals surface area contributed by atoms with Crippen LogP contribution in [0.5, 0.6) is 0 Å². The zero-order valence-corrected chi connectivity index (χ0v) is 30.4. The summed E-state index contributed by atoms with van der Waals surface area (Å²) in [5.41, 5.74) is 11.5. The molecular weight excluding hydrogens is 701 g/mol. The molecule has 12 aromatic rings. The number of benzene rings is 8. The first-order chi connectivity index (χ1) is 28.2. The smallest absolute Gasteiger partial charge is 0.238 e. The molecule has 0 aliphatic rings. The van der Waals surface area contributed by atoms with E-state index in [1.54, 1.807) is 0 Å². The van der Waals surface area contributed by atoms with Crippen molar-refractivity contribution in [3.05, 3.63) is 182 Å². The van der Waals surface area contributed by atoms with E-state index < -0.39 is 0 Å². The van der Waals surface area contributed by atoms with Gasteiger partial charge in [-0.3, -0.25) is 4.57 Å². The Bertz CT molecular complexity index is 3510. The Morgan fingerprint density at radius 1 is 0.351 bits per heavy atom. The minimum atomic E-state index is 0.519. The predicted octanol–water partition coefficient (Wildman–Crippen LogP) is 13.4. The van der Waals surface area contributed by atoms with Gasteiger partial charge in [0.2, 0.25) is 5.95 Å². The van der Waals surface area contributed by atoms with Gasteiger partial charge in [0.15, 0.2) is 11.6 Å². The number of fused-ring (bicyclic) bond motifs is 9. The van der Waals surface area contributed by atoms with E-state index in [2.05, 4.69) is 120 Å². The van der Waals surface area contributed by atoms with Crippen LogP contribution in [0, 0.1) is 0 Å². The fourth-order valence-electron chi connectivity index (χ4n) is 8.47. The standard InChI is InChI=1S/C51H30N4O2/c1-4-14-31(15-5-1)35-21-13-25-44-47(35)39-27-26-34(28-45(39)57-44)50-52-49(33-18-8-3-9-19-33)53-51(54-50)55-42-29-41-37-20-10-11-24-43(37)56-46(41)30-40(42)38-23-12-22-36(48(38)55)32-16-6-2-7-17-32/h1-30H. The second-order valence-electron chi connectivity index (χ2n) is 14.4. The number of hydrogen-bond donors (Lipinski definition) is 0. The Morgan fingerprint density at radius 3 is 1.74 bits per heavy atom. The molecule has 0 atom stereocenters. The summed E-state index contributed by atoms with van der Waals surface area (Å²) in [6.07, 6.45) is 0. The van der Waals surface area contributed by atoms with Crippen LogP contribution in [0.15, 0.2) is 191 Å². The number of hydrogen-bond acceptors (Lipinski definition) is 5. The highest BCUT2D eigenvalue weighted by molar-refractivity contribution is 6.19. The van der Waals surface area contributed by atoms with Crippen LogP contribution in [0.3, 0.4) is 0 Å². The number of para-hydroxylation sites is 2. The van der Waals surface area contributed by atoms with Gasteiger partial charge < -0.3 is 8.83 Å². The molecule has 0 aliphatic carbocycles. The van der Waals surface area contributed by atoms with Crippen molar-refractivity contribution in [1.29, 1.82) is 0 Å². The molecule has 0 fully saturated rings. The van der Waals surface area contributed by atoms with Gasteiger partial charge in [0.25, 0.3) is 0 Å². The molecule has 4 heterocycles. The largest absolute Gasteiger partial charge is 0.456 e. The van der Waals surface area contributed by atoms with E-state index in [1.807, 2.05) is 66.7 Å². The van der Waals surface area contributed by atoms with Gasteiger partial charge in [-0.25, -0.2) is 4.98 Å². The molecule has 0 bridgehead atoms. The maximum atomic E-state index is 6.56. The highest BCUT2D eigenvalue weighted by Crippen LogP contribution is 2.42. The SMILES string of the molecule is c1ccc(-c2nc(-c3ccc4c(c3)oc3cccc(-c5ccccc5)c34)nc(-n3c4cc5c(cc4c4cccc(-c6ccccc6)c43)oc3ccccc35)n2)cc1. The van der Waals surface area contributed by atoms with Crippen molar-refractivity contribution in [3.8, 4) is 51.0 Å². The summed E-state index contributed by atoms with van der Waals surface area (Å²) in [5.74, 6) is 1.64. The fourth-order valence-corrected chi connectivity index (χ4v) is 8.47. The summed E-state index contributed by atoms with van der Waals surface area (Å²) in [4.78, 5) is 15.8. The number of aromatic nitrogens is 4. The summed E-state index contributed by atoms with van der Waals surface area (Å²) in [5, 5.41) is 6.35. The van der Waals surface area contributed by atoms with E-state index in [0.29, 0.717) is 17.6 Å². The van der Waals surface area contributed by atoms with Crippen LogP contribution in [0.4, 0.5) is 0 Å². The summed E-state index contributed by atoms with van der Waals surface area (Å²) < 4.78 is 15.2. The third-order valence-corrected chi connectivity index (χ3v) is 11.1. The molecule has 6 heteroatoms. The van der Waals surface area contributed by atoms with Gasteiger partial charge >= 0.3 is 0 Å². The fraction of sp³-hybridized carbons (Fsp3) is 0. The first kappa shape index (κ1) is 31.5. The molecular formula is C51H30N4O2. The van der Waals surface area contributed by atoms with Crippen LogP contribution in [-0.2, 0) is 0 Å². The van der Waals surface area contributed by atoms with Crippen LogP contribution < -0.4 is 0 Å². The molecule has 4 aromatic heterocycles. The summed E-state index contributed by atoms with van der Waals surface area (Å²) >= 11 is 0. The maximum Gasteiger partial charge on any atom is 0.238 e. The van der Waals surface area contributed by atoms with Crippen molar-refractivity contribution < 1.29 is 8.83 Å². The average Bonchev–Trinajstić information content (AvgIpc) is 3.95. The zero-order chi connectivity index (χ0) is 37.5. The van der Waals surface area contributed by atoms with E-state index in [0.717, 1.165) is 99.1 Å². The summed E-state index contributed by atoms with van der Waals surface area (Å²) in [6, 6.07) is 62.6. The van der Waals surface area contributed by atoms with E-state index in [9.17, 15) is 0 Å². The van der Waals surface area contributed by atoms with Crippen molar-refractivity contribution in [2.75, 3.05) is 0 Å². The number of rotatable bonds is 5. The van der Waals surface area contributed by atoms with Crippen molar-refractivity contribution in [1.82, 2.24) is 19.5 Å². The topological polar surface area (TPSA) is 69.9 Å². The van der Waals surface area contributed by atoms with Crippen LogP contribution in [0.25, 0.3) is 117 Å². The quantitative estimate of drug-likeness (QED) is 0.176. The summed E-state index contributed by atoms with van der Waals surface area (Å²) in [7, 11) is 0. The van der Waals surface area contributed by atoms with Crippen molar-refractivity contribution >= 4 is 65.7 Å². The van der Waals surface area contributed by atoms with Crippen LogP contribution in [0.2, 0.25) is 0 Å². The maximum absolute atomic E-state index is 6.56. The molecule has 266 valence electrons. The number of nitrogens with zero attached hydrogens (tertiary/aromatic N) is 4. The molecule has 12 rings (SSSR count). The van der Waals surface area contributed by atoms with Crippen molar-refractivity contribution in [3.63, 3.8) is 0 Å². The van der Waals surface area contributed by atoms with Crippen molar-refractivity contribution in [2.24, 2.45) is 0 Å². The first-order valence-corrected chi connectivity index (χ1v) is 19.0. The Morgan fingerprint density at radius 2 is 0.947 bits per heavy atom. The molecule has 0 amide bonds. The van der Waals surface area contributed by atoms with Gasteiger partial charge in [-0.05, 0) is 53.1 Å². The highest BCUT2D eigenvalue weighted by atomic mass is 16.3. The Balaban J connectivity index is 1.15. The second kappa shape index (κ2) is 12.3. The second-order valence-corrected chi connectivity index (χ2v) is 14.4. The van der Waals surface area contributed by atoms with Crippen LogP contribution in [-0.4, -0.2) is 19.5 Å². The molecule has 0 unspecified atom stereocenters. The summed E-state index contributed by atoms with van der Waals surface area (Å²) in [6.45, 7) is 0. The van der Waals surface area contributed by atoms with E-state index in [-0.39, 0.29) is 0 Å². The lowest BCUT2D eigenvalue weighted by molar-refractivity contribution is 0.669. The minimum absolute atomic E-state index is 0.519. The lowest BCUT2D eigenvalue weighted by Gasteiger charge is -2.13. The molecule has 0 saturated heterocycles. The van der Waals surface area contributed by atoms with Crippen LogP contribution in [0.1, 0.15) is 0 Å². The van der Waals surface area contributed by atoms with E-state index in [4.69, 9.17) is 23.8 Å². The first-order valence-electron chi connectivity index (χ1n) is 19.0. The van der Waals surface area contributed by atoms with Crippen LogP contribution >= 0.6 is 0 Å². The number of furan rings is 2. The van der Waals surface area contributed by atoms with Gasteiger partial charge in [0, 0.05) is 49.0 Å². The van der Waals surface area contributed by atoms with Gasteiger partial charge in [0.05, 0.1) is 11.0 Å². The lowest BCUT2D eigenvalue weighted by atomic mass is 9.99. The van der Waals surface area contributed by atoms with Gasteiger partial charge in [-0.2, -0.15) is 9.97 Å². The lowest BCUT2D eigenvalue weighted by Crippen LogP contribution is -2.07. The molecule has 8 aromatic carbocycles. The molecule has 0 aliphatic heterocycles. The third kappa shape index (κ3) is 4.94. The Kier molecular flexibility index (Phi) is 6.83. The molecule has 0 N–H and O–H groups in total. The normalized spacial score (nSPS) is 11.9. The molecule has 0 radical (unpaired) electrons. The molecule has 0 spiro atoms. The third-order valence-electron chi connectivity index (χ3n) is 11.1. The predicted molar refractivity (Wildman–Crippen MR) is 230 cm³/mol. The molecule has 0 saturated carbocycles. The highest BCUT2D eigenvalue weighted by Gasteiger charge is 2.23. The van der Waals surface area contributed by atoms with Gasteiger partial charge in [0.1, 0.15) is 22.3 Å². The minimum Gasteiger partial charge on any atom is -0.456 e. The monoisotopic (exact) mass is 730 g/mol. The van der Waals surface area contributed by atoms with E-state index in [1.165, 1.54) is 0 Å². The molecule has 57 heavy (non-hydrogen) atoms.